The van der Waals surface area contributed by atoms with Gasteiger partial charge in [0.05, 0.1) is 6.42 Å². The van der Waals surface area contributed by atoms with E-state index in [1.54, 1.807) is 4.90 Å². The van der Waals surface area contributed by atoms with Gasteiger partial charge in [-0.25, -0.2) is 0 Å². The molecule has 4 heteroatoms. The van der Waals surface area contributed by atoms with E-state index in [0.29, 0.717) is 11.8 Å². The molecular weight excluding hydrogens is 226 g/mol. The Morgan fingerprint density at radius 3 is 2.89 bits per heavy atom. The fraction of sp³-hybridized carbons (Fsp3) is 0.500. The second-order valence-electron chi connectivity index (χ2n) is 5.53. The summed E-state index contributed by atoms with van der Waals surface area (Å²) in [6.45, 7) is 1.69. The normalized spacial score (nSPS) is 19.9. The van der Waals surface area contributed by atoms with Crippen LogP contribution in [0.5, 0.6) is 0 Å². The monoisotopic (exact) mass is 245 g/mol. The molecule has 1 aliphatic carbocycles. The third-order valence-electron chi connectivity index (χ3n) is 4.21. The number of anilines is 2. The number of rotatable bonds is 4. The van der Waals surface area contributed by atoms with Gasteiger partial charge in [0.2, 0.25) is 5.91 Å². The molecule has 1 fully saturated rings. The van der Waals surface area contributed by atoms with Crippen LogP contribution in [-0.2, 0) is 11.2 Å². The highest BCUT2D eigenvalue weighted by Gasteiger charge is 2.40. The molecule has 0 bridgehead atoms. The number of hydrogen-bond acceptors (Lipinski definition) is 3. The maximum atomic E-state index is 11.6. The van der Waals surface area contributed by atoms with E-state index in [1.165, 1.54) is 12.8 Å². The van der Waals surface area contributed by atoms with Crippen molar-refractivity contribution in [1.29, 1.82) is 0 Å². The highest BCUT2D eigenvalue weighted by Crippen LogP contribution is 2.44. The van der Waals surface area contributed by atoms with Crippen LogP contribution in [0.3, 0.4) is 0 Å². The Kier molecular flexibility index (Phi) is 2.55. The molecule has 2 aliphatic rings. The van der Waals surface area contributed by atoms with Gasteiger partial charge in [0.15, 0.2) is 0 Å². The first kappa shape index (κ1) is 11.5. The number of amides is 1. The first-order valence-electron chi connectivity index (χ1n) is 6.47. The molecule has 1 aromatic rings. The van der Waals surface area contributed by atoms with Gasteiger partial charge in [-0.1, -0.05) is 0 Å². The molecule has 1 aliphatic heterocycles. The number of fused-ring (bicyclic) bond motifs is 1. The van der Waals surface area contributed by atoms with Gasteiger partial charge in [-0.2, -0.15) is 0 Å². The van der Waals surface area contributed by atoms with Crippen LogP contribution >= 0.6 is 0 Å². The molecular formula is C14H19N3O. The summed E-state index contributed by atoms with van der Waals surface area (Å²) < 4.78 is 0. The highest BCUT2D eigenvalue weighted by atomic mass is 16.2. The molecule has 1 saturated carbocycles. The molecule has 1 heterocycles. The van der Waals surface area contributed by atoms with E-state index in [1.807, 2.05) is 19.2 Å². The van der Waals surface area contributed by atoms with Crippen molar-refractivity contribution >= 4 is 17.3 Å². The first-order chi connectivity index (χ1) is 8.63. The summed E-state index contributed by atoms with van der Waals surface area (Å²) in [6.07, 6.45) is 2.97. The highest BCUT2D eigenvalue weighted by molar-refractivity contribution is 6.01. The van der Waals surface area contributed by atoms with E-state index in [9.17, 15) is 4.79 Å². The van der Waals surface area contributed by atoms with Crippen LogP contribution in [0.1, 0.15) is 18.4 Å². The fourth-order valence-electron chi connectivity index (χ4n) is 2.50. The quantitative estimate of drug-likeness (QED) is 0.842. The predicted molar refractivity (Wildman–Crippen MR) is 72.8 cm³/mol. The van der Waals surface area contributed by atoms with Gasteiger partial charge in [0.1, 0.15) is 0 Å². The minimum atomic E-state index is 0.169. The summed E-state index contributed by atoms with van der Waals surface area (Å²) in [4.78, 5) is 13.3. The number of benzene rings is 1. The number of nitrogens with zero attached hydrogens (tertiary/aromatic N) is 1. The van der Waals surface area contributed by atoms with Crippen molar-refractivity contribution in [3.05, 3.63) is 23.8 Å². The molecule has 0 radical (unpaired) electrons. The summed E-state index contributed by atoms with van der Waals surface area (Å²) in [5.74, 6) is 0.169. The molecule has 0 aromatic heterocycles. The lowest BCUT2D eigenvalue weighted by atomic mass is 10.1. The predicted octanol–water partition coefficient (Wildman–Crippen LogP) is 1.36. The molecule has 96 valence electrons. The van der Waals surface area contributed by atoms with E-state index in [-0.39, 0.29) is 5.91 Å². The van der Waals surface area contributed by atoms with E-state index < -0.39 is 0 Å². The number of carbonyl (C=O) groups is 1. The number of nitrogens with two attached hydrogens (primary N) is 1. The minimum absolute atomic E-state index is 0.169. The largest absolute Gasteiger partial charge is 0.384 e. The number of carbonyl (C=O) groups excluding carboxylic acids is 1. The van der Waals surface area contributed by atoms with E-state index in [0.717, 1.165) is 30.0 Å². The van der Waals surface area contributed by atoms with Crippen LogP contribution in [0.25, 0.3) is 0 Å². The summed E-state index contributed by atoms with van der Waals surface area (Å²) in [5.41, 5.74) is 9.34. The summed E-state index contributed by atoms with van der Waals surface area (Å²) in [7, 11) is 1.83. The summed E-state index contributed by atoms with van der Waals surface area (Å²) in [6, 6.07) is 6.15. The molecule has 3 N–H and O–H groups in total. The van der Waals surface area contributed by atoms with Crippen molar-refractivity contribution in [2.24, 2.45) is 11.1 Å². The molecule has 0 atom stereocenters. The third-order valence-corrected chi connectivity index (χ3v) is 4.21. The lowest BCUT2D eigenvalue weighted by Gasteiger charge is -2.15. The number of nitrogens with one attached hydrogen (secondary N) is 1. The van der Waals surface area contributed by atoms with Gasteiger partial charge in [-0.3, -0.25) is 4.79 Å². The Labute approximate surface area is 107 Å². The van der Waals surface area contributed by atoms with Gasteiger partial charge < -0.3 is 16.0 Å². The molecule has 3 rings (SSSR count). The summed E-state index contributed by atoms with van der Waals surface area (Å²) in [5, 5.41) is 3.45. The van der Waals surface area contributed by atoms with Gasteiger partial charge in [-0.15, -0.1) is 0 Å². The van der Waals surface area contributed by atoms with Gasteiger partial charge in [0, 0.05) is 25.0 Å². The van der Waals surface area contributed by atoms with Crippen molar-refractivity contribution in [2.75, 3.05) is 30.4 Å². The van der Waals surface area contributed by atoms with Crippen molar-refractivity contribution in [1.82, 2.24) is 0 Å². The smallest absolute Gasteiger partial charge is 0.231 e. The maximum Gasteiger partial charge on any atom is 0.231 e. The van der Waals surface area contributed by atoms with Gasteiger partial charge in [-0.05, 0) is 48.6 Å². The van der Waals surface area contributed by atoms with E-state index >= 15 is 0 Å². The standard InChI is InChI=1S/C14H19N3O/c1-17-12-3-2-11(6-10(12)7-13(17)18)16-9-14(8-15)4-5-14/h2-3,6,16H,4-5,7-9,15H2,1H3. The molecule has 4 nitrogen and oxygen atoms in total. The van der Waals surface area contributed by atoms with Gasteiger partial charge >= 0.3 is 0 Å². The van der Waals surface area contributed by atoms with Crippen molar-refractivity contribution < 1.29 is 4.79 Å². The zero-order valence-electron chi connectivity index (χ0n) is 10.7. The van der Waals surface area contributed by atoms with Crippen molar-refractivity contribution in [3.8, 4) is 0 Å². The average Bonchev–Trinajstić information content (AvgIpc) is 3.11. The Morgan fingerprint density at radius 2 is 2.22 bits per heavy atom. The molecule has 1 aromatic carbocycles. The lowest BCUT2D eigenvalue weighted by molar-refractivity contribution is -0.117. The average molecular weight is 245 g/mol. The zero-order chi connectivity index (χ0) is 12.8. The Morgan fingerprint density at radius 1 is 1.44 bits per heavy atom. The number of likely N-dealkylation sites (N-methyl/N-ethyl adjacent to an activating group) is 1. The molecule has 0 unspecified atom stereocenters. The van der Waals surface area contributed by atoms with Crippen LogP contribution in [0.15, 0.2) is 18.2 Å². The second kappa shape index (κ2) is 3.99. The Hall–Kier alpha value is -1.55. The SMILES string of the molecule is CN1C(=O)Cc2cc(NCC3(CN)CC3)ccc21. The zero-order valence-corrected chi connectivity index (χ0v) is 10.7. The second-order valence-corrected chi connectivity index (χ2v) is 5.53. The topological polar surface area (TPSA) is 58.4 Å². The van der Waals surface area contributed by atoms with Crippen LogP contribution in [0.2, 0.25) is 0 Å². The van der Waals surface area contributed by atoms with Crippen LogP contribution in [0.4, 0.5) is 11.4 Å². The van der Waals surface area contributed by atoms with E-state index in [4.69, 9.17) is 5.73 Å². The third kappa shape index (κ3) is 1.86. The lowest BCUT2D eigenvalue weighted by Crippen LogP contribution is -2.24. The molecule has 1 amide bonds. The number of hydrogen-bond donors (Lipinski definition) is 2. The summed E-state index contributed by atoms with van der Waals surface area (Å²) >= 11 is 0. The molecule has 18 heavy (non-hydrogen) atoms. The Balaban J connectivity index is 1.72. The molecule has 0 saturated heterocycles. The van der Waals surface area contributed by atoms with Crippen LogP contribution in [-0.4, -0.2) is 26.0 Å². The van der Waals surface area contributed by atoms with Gasteiger partial charge in [0.25, 0.3) is 0 Å². The first-order valence-corrected chi connectivity index (χ1v) is 6.47. The maximum absolute atomic E-state index is 11.6. The van der Waals surface area contributed by atoms with E-state index in [2.05, 4.69) is 11.4 Å². The van der Waals surface area contributed by atoms with Crippen molar-refractivity contribution in [3.63, 3.8) is 0 Å². The molecule has 0 spiro atoms. The Bertz CT molecular complexity index is 494. The van der Waals surface area contributed by atoms with Crippen LogP contribution < -0.4 is 16.0 Å². The fourth-order valence-corrected chi connectivity index (χ4v) is 2.50. The van der Waals surface area contributed by atoms with Crippen LogP contribution in [0, 0.1) is 5.41 Å². The van der Waals surface area contributed by atoms with Crippen molar-refractivity contribution in [2.45, 2.75) is 19.3 Å². The minimum Gasteiger partial charge on any atom is -0.384 e.